The number of rotatable bonds is 8. The zero-order valence-electron chi connectivity index (χ0n) is 18.2. The first-order valence-electron chi connectivity index (χ1n) is 10.3. The maximum Gasteiger partial charge on any atom is 0.325 e. The van der Waals surface area contributed by atoms with Crippen LogP contribution in [0, 0.1) is 0 Å². The second kappa shape index (κ2) is 8.89. The van der Waals surface area contributed by atoms with Crippen LogP contribution in [-0.4, -0.2) is 47.0 Å². The Morgan fingerprint density at radius 1 is 1.16 bits per heavy atom. The summed E-state index contributed by atoms with van der Waals surface area (Å²) in [6.45, 7) is 6.96. The average Bonchev–Trinajstić information content (AvgIpc) is 2.96. The van der Waals surface area contributed by atoms with Crippen LogP contribution in [0.2, 0.25) is 0 Å². The van der Waals surface area contributed by atoms with E-state index in [4.69, 9.17) is 4.74 Å². The van der Waals surface area contributed by atoms with Gasteiger partial charge in [0.05, 0.1) is 6.54 Å². The topological polar surface area (TPSA) is 95.9 Å². The molecule has 7 heteroatoms. The van der Waals surface area contributed by atoms with E-state index in [1.165, 1.54) is 6.92 Å². The lowest BCUT2D eigenvalue weighted by Crippen LogP contribution is -2.42. The molecule has 164 valence electrons. The van der Waals surface area contributed by atoms with Crippen molar-refractivity contribution < 1.29 is 24.2 Å². The maximum absolute atomic E-state index is 13.0. The van der Waals surface area contributed by atoms with Crippen LogP contribution in [0.1, 0.15) is 55.1 Å². The number of aliphatic hydroxyl groups is 1. The Balaban J connectivity index is 1.65. The highest BCUT2D eigenvalue weighted by atomic mass is 16.5. The summed E-state index contributed by atoms with van der Waals surface area (Å²) >= 11 is 0. The number of Topliss-reactive ketones (excluding diaryl/α,β-unsaturated/α-hetero) is 1. The minimum absolute atomic E-state index is 0.0916. The number of nitrogens with zero attached hydrogens (tertiary/aromatic N) is 1. The number of benzene rings is 2. The Bertz CT molecular complexity index is 986. The van der Waals surface area contributed by atoms with Gasteiger partial charge in [0.25, 0.3) is 5.91 Å². The van der Waals surface area contributed by atoms with E-state index in [0.717, 1.165) is 10.5 Å². The number of carbonyl (C=O) groups is 3. The first kappa shape index (κ1) is 22.5. The standard InChI is InChI=1S/C24H28N2O5/c1-15(2)17-8-10-19(11-9-17)24(4)22(29)26(23(30)25-24)13-20(28)14-31-21-7-5-6-18(12-21)16(3)27/h5-12,15,20,28H,13-14H2,1-4H3,(H,25,30)/t20-,24+/m0/s1. The van der Waals surface area contributed by atoms with Gasteiger partial charge in [0.15, 0.2) is 5.78 Å². The van der Waals surface area contributed by atoms with Crippen LogP contribution in [0.25, 0.3) is 0 Å². The van der Waals surface area contributed by atoms with Crippen LogP contribution < -0.4 is 10.1 Å². The molecule has 2 aromatic rings. The number of imide groups is 1. The van der Waals surface area contributed by atoms with Gasteiger partial charge in [0.2, 0.25) is 0 Å². The van der Waals surface area contributed by atoms with Gasteiger partial charge < -0.3 is 15.2 Å². The largest absolute Gasteiger partial charge is 0.491 e. The van der Waals surface area contributed by atoms with Crippen molar-refractivity contribution in [1.29, 1.82) is 0 Å². The van der Waals surface area contributed by atoms with E-state index in [1.807, 2.05) is 24.3 Å². The smallest absolute Gasteiger partial charge is 0.325 e. The summed E-state index contributed by atoms with van der Waals surface area (Å²) in [4.78, 5) is 38.0. The van der Waals surface area contributed by atoms with E-state index in [-0.39, 0.29) is 18.9 Å². The zero-order valence-corrected chi connectivity index (χ0v) is 18.2. The van der Waals surface area contributed by atoms with E-state index < -0.39 is 23.6 Å². The fraction of sp³-hybridized carbons (Fsp3) is 0.375. The molecule has 2 aromatic carbocycles. The third-order valence-corrected chi connectivity index (χ3v) is 5.51. The van der Waals surface area contributed by atoms with Gasteiger partial charge in [-0.2, -0.15) is 0 Å². The number of aliphatic hydroxyl groups excluding tert-OH is 1. The molecule has 1 fully saturated rings. The Morgan fingerprint density at radius 2 is 1.84 bits per heavy atom. The SMILES string of the molecule is CC(=O)c1cccc(OC[C@@H](O)CN2C(=O)N[C@](C)(c3ccc(C(C)C)cc3)C2=O)c1. The summed E-state index contributed by atoms with van der Waals surface area (Å²) in [6.07, 6.45) is -1.08. The van der Waals surface area contributed by atoms with Crippen LogP contribution in [0.5, 0.6) is 5.75 Å². The number of hydrogen-bond acceptors (Lipinski definition) is 5. The van der Waals surface area contributed by atoms with Gasteiger partial charge in [0.1, 0.15) is 24.0 Å². The summed E-state index contributed by atoms with van der Waals surface area (Å²) in [7, 11) is 0. The molecule has 2 N–H and O–H groups in total. The number of ether oxygens (including phenoxy) is 1. The number of urea groups is 1. The molecule has 3 rings (SSSR count). The van der Waals surface area contributed by atoms with Gasteiger partial charge in [-0.25, -0.2) is 4.79 Å². The van der Waals surface area contributed by atoms with Crippen LogP contribution in [0.4, 0.5) is 4.79 Å². The van der Waals surface area contributed by atoms with E-state index >= 15 is 0 Å². The van der Waals surface area contributed by atoms with E-state index in [2.05, 4.69) is 19.2 Å². The summed E-state index contributed by atoms with van der Waals surface area (Å²) in [6, 6.07) is 13.6. The first-order valence-corrected chi connectivity index (χ1v) is 10.3. The number of nitrogens with one attached hydrogen (secondary N) is 1. The molecule has 1 aliphatic rings. The molecule has 3 amide bonds. The lowest BCUT2D eigenvalue weighted by Gasteiger charge is -2.23. The van der Waals surface area contributed by atoms with E-state index in [1.54, 1.807) is 31.2 Å². The molecule has 1 heterocycles. The number of β-amino-alcohol motifs (C(OH)–C–C–N with tert-alkyl or cyclic N) is 1. The predicted octanol–water partition coefficient (Wildman–Crippen LogP) is 3.22. The molecular weight excluding hydrogens is 396 g/mol. The molecule has 0 aliphatic carbocycles. The number of amides is 3. The maximum atomic E-state index is 13.0. The fourth-order valence-electron chi connectivity index (χ4n) is 3.52. The van der Waals surface area contributed by atoms with Gasteiger partial charge in [-0.3, -0.25) is 14.5 Å². The summed E-state index contributed by atoms with van der Waals surface area (Å²) in [5.74, 6) is 0.274. The molecule has 7 nitrogen and oxygen atoms in total. The third-order valence-electron chi connectivity index (χ3n) is 5.51. The van der Waals surface area contributed by atoms with Gasteiger partial charge in [-0.1, -0.05) is 50.2 Å². The molecule has 31 heavy (non-hydrogen) atoms. The van der Waals surface area contributed by atoms with Crippen molar-refractivity contribution in [2.24, 2.45) is 0 Å². The summed E-state index contributed by atoms with van der Waals surface area (Å²) < 4.78 is 5.54. The molecule has 1 saturated heterocycles. The second-order valence-electron chi connectivity index (χ2n) is 8.30. The van der Waals surface area contributed by atoms with Crippen molar-refractivity contribution in [3.8, 4) is 5.75 Å². The highest BCUT2D eigenvalue weighted by molar-refractivity contribution is 6.07. The van der Waals surface area contributed by atoms with Crippen molar-refractivity contribution >= 4 is 17.7 Å². The molecule has 0 unspecified atom stereocenters. The lowest BCUT2D eigenvalue weighted by molar-refractivity contribution is -0.132. The highest BCUT2D eigenvalue weighted by Crippen LogP contribution is 2.30. The zero-order chi connectivity index (χ0) is 22.8. The molecule has 1 aliphatic heterocycles. The normalized spacial score (nSPS) is 19.5. The van der Waals surface area contributed by atoms with Crippen molar-refractivity contribution in [1.82, 2.24) is 10.2 Å². The Kier molecular flexibility index (Phi) is 6.45. The molecule has 0 radical (unpaired) electrons. The predicted molar refractivity (Wildman–Crippen MR) is 116 cm³/mol. The van der Waals surface area contributed by atoms with Gasteiger partial charge in [-0.15, -0.1) is 0 Å². The molecule has 0 saturated carbocycles. The van der Waals surface area contributed by atoms with Crippen LogP contribution in [0.3, 0.4) is 0 Å². The van der Waals surface area contributed by atoms with Crippen LogP contribution >= 0.6 is 0 Å². The fourth-order valence-corrected chi connectivity index (χ4v) is 3.52. The molecule has 2 atom stereocenters. The Labute approximate surface area is 182 Å². The summed E-state index contributed by atoms with van der Waals surface area (Å²) in [5.41, 5.74) is 1.13. The lowest BCUT2D eigenvalue weighted by atomic mass is 9.90. The molecule has 0 aromatic heterocycles. The number of ketones is 1. The Morgan fingerprint density at radius 3 is 2.45 bits per heavy atom. The minimum atomic E-state index is -1.19. The first-order chi connectivity index (χ1) is 14.6. The van der Waals surface area contributed by atoms with Gasteiger partial charge in [-0.05, 0) is 43.0 Å². The van der Waals surface area contributed by atoms with Crippen molar-refractivity contribution in [2.45, 2.75) is 45.3 Å². The van der Waals surface area contributed by atoms with E-state index in [9.17, 15) is 19.5 Å². The van der Waals surface area contributed by atoms with Crippen LogP contribution in [0.15, 0.2) is 48.5 Å². The monoisotopic (exact) mass is 424 g/mol. The molecule has 0 spiro atoms. The summed E-state index contributed by atoms with van der Waals surface area (Å²) in [5, 5.41) is 13.1. The Hall–Kier alpha value is -3.19. The second-order valence-corrected chi connectivity index (χ2v) is 8.30. The quantitative estimate of drug-likeness (QED) is 0.501. The minimum Gasteiger partial charge on any atom is -0.491 e. The van der Waals surface area contributed by atoms with E-state index in [0.29, 0.717) is 22.8 Å². The molecule has 0 bridgehead atoms. The van der Waals surface area contributed by atoms with Crippen molar-refractivity contribution in [3.63, 3.8) is 0 Å². The third kappa shape index (κ3) is 4.77. The van der Waals surface area contributed by atoms with Crippen LogP contribution in [-0.2, 0) is 10.3 Å². The van der Waals surface area contributed by atoms with Crippen molar-refractivity contribution in [2.75, 3.05) is 13.2 Å². The van der Waals surface area contributed by atoms with Crippen molar-refractivity contribution in [3.05, 3.63) is 65.2 Å². The number of hydrogen-bond donors (Lipinski definition) is 2. The highest BCUT2D eigenvalue weighted by Gasteiger charge is 2.49. The average molecular weight is 424 g/mol. The molecular formula is C24H28N2O5. The van der Waals surface area contributed by atoms with Gasteiger partial charge in [0, 0.05) is 5.56 Å². The van der Waals surface area contributed by atoms with Gasteiger partial charge >= 0.3 is 6.03 Å². The number of carbonyl (C=O) groups excluding carboxylic acids is 3.